The van der Waals surface area contributed by atoms with E-state index in [0.717, 1.165) is 56.9 Å². The van der Waals surface area contributed by atoms with Gasteiger partial charge in [0.25, 0.3) is 0 Å². The average Bonchev–Trinajstić information content (AvgIpc) is 3.19. The monoisotopic (exact) mass is 487 g/mol. The molecular formula is C27H32ClF2N3O. The van der Waals surface area contributed by atoms with E-state index in [1.165, 1.54) is 25.0 Å². The summed E-state index contributed by atoms with van der Waals surface area (Å²) in [6, 6.07) is 9.90. The molecule has 2 aromatic carbocycles. The quantitative estimate of drug-likeness (QED) is 0.427. The molecule has 0 unspecified atom stereocenters. The van der Waals surface area contributed by atoms with Gasteiger partial charge >= 0.3 is 0 Å². The van der Waals surface area contributed by atoms with Gasteiger partial charge in [0, 0.05) is 23.2 Å². The van der Waals surface area contributed by atoms with Gasteiger partial charge in [-0.3, -0.25) is 4.79 Å². The molecule has 1 aliphatic heterocycles. The first kappa shape index (κ1) is 23.4. The lowest BCUT2D eigenvalue weighted by atomic mass is 9.71. The highest BCUT2D eigenvalue weighted by Crippen LogP contribution is 2.49. The molecule has 3 aliphatic rings. The van der Waals surface area contributed by atoms with E-state index in [2.05, 4.69) is 16.0 Å². The van der Waals surface area contributed by atoms with Crippen LogP contribution in [0.4, 0.5) is 20.2 Å². The van der Waals surface area contributed by atoms with Gasteiger partial charge in [-0.1, -0.05) is 62.3 Å². The van der Waals surface area contributed by atoms with E-state index < -0.39 is 23.2 Å². The van der Waals surface area contributed by atoms with Crippen LogP contribution in [0.1, 0.15) is 69.8 Å². The van der Waals surface area contributed by atoms with Crippen LogP contribution in [0.25, 0.3) is 0 Å². The van der Waals surface area contributed by atoms with Gasteiger partial charge in [0.1, 0.15) is 5.66 Å². The number of halogens is 3. The Hall–Kier alpha value is -2.34. The molecule has 1 amide bonds. The fourth-order valence-electron chi connectivity index (χ4n) is 6.17. The third-order valence-electron chi connectivity index (χ3n) is 7.85. The maximum Gasteiger partial charge on any atom is 0.228 e. The van der Waals surface area contributed by atoms with E-state index in [9.17, 15) is 13.6 Å². The lowest BCUT2D eigenvalue weighted by molar-refractivity contribution is -0.130. The molecule has 5 rings (SSSR count). The number of anilines is 2. The van der Waals surface area contributed by atoms with Crippen molar-refractivity contribution in [3.63, 3.8) is 0 Å². The predicted molar refractivity (Wildman–Crippen MR) is 132 cm³/mol. The summed E-state index contributed by atoms with van der Waals surface area (Å²) in [7, 11) is 0. The summed E-state index contributed by atoms with van der Waals surface area (Å²) in [5.74, 6) is -2.16. The number of carbonyl (C=O) groups is 1. The first-order chi connectivity index (χ1) is 16.5. The molecule has 3 N–H and O–H groups in total. The predicted octanol–water partition coefficient (Wildman–Crippen LogP) is 6.95. The van der Waals surface area contributed by atoms with Crippen molar-refractivity contribution < 1.29 is 13.6 Å². The Labute approximate surface area is 204 Å². The van der Waals surface area contributed by atoms with Crippen LogP contribution in [0.5, 0.6) is 0 Å². The summed E-state index contributed by atoms with van der Waals surface area (Å²) >= 11 is 6.19. The smallest absolute Gasteiger partial charge is 0.228 e. The van der Waals surface area contributed by atoms with Crippen molar-refractivity contribution >= 4 is 28.9 Å². The van der Waals surface area contributed by atoms with Gasteiger partial charge in [0.2, 0.25) is 5.91 Å². The molecule has 2 aromatic rings. The summed E-state index contributed by atoms with van der Waals surface area (Å²) < 4.78 is 28.3. The number of nitrogens with one attached hydrogen (secondary N) is 3. The number of benzene rings is 2. The molecule has 7 heteroatoms. The Bertz CT molecular complexity index is 1000. The highest BCUT2D eigenvalue weighted by molar-refractivity contribution is 6.30. The standard InChI is InChI=1S/C27H32ClF2N3O/c28-19-13-11-18(12-14-19)27(32-23-15-21(29)22(30)16-24(23)33-27)25(17-7-3-1-4-8-17)26(34)31-20-9-5-2-6-10-20/h11-17,20,25,32-33H,1-10H2,(H,31,34)/t25-/m1/s1. The zero-order valence-electron chi connectivity index (χ0n) is 19.3. The van der Waals surface area contributed by atoms with Crippen LogP contribution in [-0.4, -0.2) is 11.9 Å². The molecule has 1 atom stereocenters. The zero-order valence-corrected chi connectivity index (χ0v) is 20.1. The first-order valence-corrected chi connectivity index (χ1v) is 13.0. The van der Waals surface area contributed by atoms with Crippen molar-refractivity contribution in [1.82, 2.24) is 5.32 Å². The SMILES string of the molecule is O=C(NC1CCCCC1)[C@@H](C1CCCCC1)C1(c2ccc(Cl)cc2)Nc2cc(F)c(F)cc2N1. The summed E-state index contributed by atoms with van der Waals surface area (Å²) in [4.78, 5) is 14.1. The number of amides is 1. The van der Waals surface area contributed by atoms with Crippen molar-refractivity contribution in [2.75, 3.05) is 10.6 Å². The van der Waals surface area contributed by atoms with Crippen LogP contribution in [0, 0.1) is 23.5 Å². The van der Waals surface area contributed by atoms with E-state index >= 15 is 0 Å². The summed E-state index contributed by atoms with van der Waals surface area (Å²) in [6.45, 7) is 0. The fourth-order valence-corrected chi connectivity index (χ4v) is 6.30. The summed E-state index contributed by atoms with van der Waals surface area (Å²) in [5, 5.41) is 10.8. The minimum Gasteiger partial charge on any atom is -0.357 e. The van der Waals surface area contributed by atoms with Crippen LogP contribution in [0.15, 0.2) is 36.4 Å². The number of rotatable bonds is 5. The van der Waals surface area contributed by atoms with E-state index in [1.807, 2.05) is 12.1 Å². The van der Waals surface area contributed by atoms with E-state index in [1.54, 1.807) is 12.1 Å². The molecule has 2 saturated carbocycles. The Morgan fingerprint density at radius 3 is 1.97 bits per heavy atom. The van der Waals surface area contributed by atoms with Crippen molar-refractivity contribution in [3.8, 4) is 0 Å². The molecule has 4 nitrogen and oxygen atoms in total. The maximum atomic E-state index is 14.2. The molecule has 0 aromatic heterocycles. The molecule has 34 heavy (non-hydrogen) atoms. The number of hydrogen-bond donors (Lipinski definition) is 3. The second-order valence-corrected chi connectivity index (χ2v) is 10.5. The second kappa shape index (κ2) is 9.73. The summed E-state index contributed by atoms with van der Waals surface area (Å²) in [5.41, 5.74) is 0.706. The molecule has 0 radical (unpaired) electrons. The number of carbonyl (C=O) groups excluding carboxylic acids is 1. The van der Waals surface area contributed by atoms with E-state index in [-0.39, 0.29) is 17.9 Å². The van der Waals surface area contributed by atoms with Crippen molar-refractivity contribution in [3.05, 3.63) is 58.6 Å². The van der Waals surface area contributed by atoms with Gasteiger partial charge in [0.05, 0.1) is 17.3 Å². The van der Waals surface area contributed by atoms with Gasteiger partial charge in [-0.05, 0) is 49.3 Å². The fraction of sp³-hybridized carbons (Fsp3) is 0.519. The van der Waals surface area contributed by atoms with Gasteiger partial charge in [0.15, 0.2) is 11.6 Å². The molecule has 2 fully saturated rings. The minimum absolute atomic E-state index is 0.00231. The Balaban J connectivity index is 1.58. The van der Waals surface area contributed by atoms with Gasteiger partial charge in [-0.2, -0.15) is 0 Å². The largest absolute Gasteiger partial charge is 0.357 e. The number of hydrogen-bond acceptors (Lipinski definition) is 3. The molecular weight excluding hydrogens is 456 g/mol. The average molecular weight is 488 g/mol. The van der Waals surface area contributed by atoms with E-state index in [4.69, 9.17) is 11.6 Å². The third kappa shape index (κ3) is 4.49. The topological polar surface area (TPSA) is 53.2 Å². The van der Waals surface area contributed by atoms with Gasteiger partial charge in [-0.15, -0.1) is 0 Å². The van der Waals surface area contributed by atoms with Crippen LogP contribution >= 0.6 is 11.6 Å². The third-order valence-corrected chi connectivity index (χ3v) is 8.10. The highest BCUT2D eigenvalue weighted by atomic mass is 35.5. The van der Waals surface area contributed by atoms with Gasteiger partial charge < -0.3 is 16.0 Å². The normalized spacial score (nSPS) is 21.3. The van der Waals surface area contributed by atoms with Gasteiger partial charge in [-0.25, -0.2) is 8.78 Å². The highest BCUT2D eigenvalue weighted by Gasteiger charge is 2.52. The molecule has 2 aliphatic carbocycles. The zero-order chi connectivity index (χ0) is 23.7. The molecule has 0 bridgehead atoms. The first-order valence-electron chi connectivity index (χ1n) is 12.6. The van der Waals surface area contributed by atoms with Crippen molar-refractivity contribution in [1.29, 1.82) is 0 Å². The second-order valence-electron chi connectivity index (χ2n) is 10.1. The lowest BCUT2D eigenvalue weighted by Crippen LogP contribution is -2.56. The van der Waals surface area contributed by atoms with Crippen molar-refractivity contribution in [2.45, 2.75) is 75.9 Å². The Morgan fingerprint density at radius 2 is 1.41 bits per heavy atom. The molecule has 0 saturated heterocycles. The van der Waals surface area contributed by atoms with Crippen LogP contribution in [-0.2, 0) is 10.5 Å². The van der Waals surface area contributed by atoms with Crippen LogP contribution in [0.3, 0.4) is 0 Å². The molecule has 182 valence electrons. The van der Waals surface area contributed by atoms with E-state index in [0.29, 0.717) is 16.4 Å². The molecule has 0 spiro atoms. The van der Waals surface area contributed by atoms with Crippen LogP contribution < -0.4 is 16.0 Å². The van der Waals surface area contributed by atoms with Crippen LogP contribution in [0.2, 0.25) is 5.02 Å². The minimum atomic E-state index is -1.03. The Morgan fingerprint density at radius 1 is 0.882 bits per heavy atom. The van der Waals surface area contributed by atoms with Crippen molar-refractivity contribution in [2.24, 2.45) is 11.8 Å². The molecule has 1 heterocycles. The maximum absolute atomic E-state index is 14.2. The summed E-state index contributed by atoms with van der Waals surface area (Å²) in [6.07, 6.45) is 10.7. The lowest BCUT2D eigenvalue weighted by Gasteiger charge is -2.44. The Kier molecular flexibility index (Phi) is 6.70. The number of fused-ring (bicyclic) bond motifs is 1.